The van der Waals surface area contributed by atoms with Gasteiger partial charge in [0.05, 0.1) is 0 Å². The van der Waals surface area contributed by atoms with Crippen LogP contribution in [-0.4, -0.2) is 5.11 Å². The Hall–Kier alpha value is -0.980. The Morgan fingerprint density at radius 3 is 2.89 bits per heavy atom. The van der Waals surface area contributed by atoms with Crippen molar-refractivity contribution in [2.45, 2.75) is 13.3 Å². The van der Waals surface area contributed by atoms with E-state index in [9.17, 15) is 0 Å². The van der Waals surface area contributed by atoms with Gasteiger partial charge in [-0.2, -0.15) is 0 Å². The number of phenols is 1. The highest BCUT2D eigenvalue weighted by Crippen LogP contribution is 2.14. The number of hydrogen-bond donors (Lipinski definition) is 1. The molecule has 0 saturated heterocycles. The van der Waals surface area contributed by atoms with E-state index in [-0.39, 0.29) is 0 Å². The third-order valence-electron chi connectivity index (χ3n) is 1.31. The topological polar surface area (TPSA) is 20.2 Å². The maximum atomic E-state index is 9.08. The van der Waals surface area contributed by atoms with Crippen molar-refractivity contribution in [1.82, 2.24) is 0 Å². The lowest BCUT2D eigenvalue weighted by molar-refractivity contribution is 0.469. The summed E-state index contributed by atoms with van der Waals surface area (Å²) in [7, 11) is 0. The summed E-state index contributed by atoms with van der Waals surface area (Å²) in [4.78, 5) is 0. The molecule has 1 rings (SSSR count). The zero-order chi connectivity index (χ0) is 6.69. The smallest absolute Gasteiger partial charge is 0.119 e. The van der Waals surface area contributed by atoms with Crippen molar-refractivity contribution in [3.8, 4) is 5.75 Å². The molecule has 0 saturated carbocycles. The van der Waals surface area contributed by atoms with E-state index in [2.05, 4.69) is 6.07 Å². The standard InChI is InChI=1S/C8H9O/c1-2-7-5-3-4-6-8(7)9/h3,5-6,9H,2H2,1H3. The third-order valence-corrected chi connectivity index (χ3v) is 1.31. The van der Waals surface area contributed by atoms with Crippen LogP contribution in [-0.2, 0) is 6.42 Å². The van der Waals surface area contributed by atoms with Gasteiger partial charge in [0.25, 0.3) is 0 Å². The highest BCUT2D eigenvalue weighted by atomic mass is 16.3. The summed E-state index contributed by atoms with van der Waals surface area (Å²) in [5.74, 6) is 0.347. The molecule has 1 N–H and O–H groups in total. The molecule has 0 atom stereocenters. The van der Waals surface area contributed by atoms with Gasteiger partial charge in [0.2, 0.25) is 0 Å². The Morgan fingerprint density at radius 2 is 2.44 bits per heavy atom. The Bertz CT molecular complexity index is 194. The van der Waals surface area contributed by atoms with Crippen LogP contribution in [0.15, 0.2) is 18.2 Å². The first kappa shape index (κ1) is 6.14. The van der Waals surface area contributed by atoms with Crippen LogP contribution in [0, 0.1) is 6.07 Å². The maximum Gasteiger partial charge on any atom is 0.119 e. The van der Waals surface area contributed by atoms with E-state index in [0.717, 1.165) is 12.0 Å². The predicted molar refractivity (Wildman–Crippen MR) is 36.3 cm³/mol. The second-order valence-electron chi connectivity index (χ2n) is 1.91. The molecule has 1 heteroatoms. The number of phenolic OH excluding ortho intramolecular Hbond substituents is 1. The van der Waals surface area contributed by atoms with E-state index in [1.807, 2.05) is 13.0 Å². The molecule has 0 aliphatic carbocycles. The SMILES string of the molecule is CCc1cc[c]cc1O. The molecular formula is C8H9O. The van der Waals surface area contributed by atoms with E-state index in [1.54, 1.807) is 12.1 Å². The predicted octanol–water partition coefficient (Wildman–Crippen LogP) is 1.75. The Kier molecular flexibility index (Phi) is 1.73. The molecule has 0 unspecified atom stereocenters. The van der Waals surface area contributed by atoms with Crippen LogP contribution in [0.4, 0.5) is 0 Å². The fourth-order valence-electron chi connectivity index (χ4n) is 0.753. The average molecular weight is 121 g/mol. The van der Waals surface area contributed by atoms with Gasteiger partial charge in [0.1, 0.15) is 5.75 Å². The molecule has 1 nitrogen and oxygen atoms in total. The quantitative estimate of drug-likeness (QED) is 0.600. The van der Waals surface area contributed by atoms with Crippen molar-refractivity contribution in [1.29, 1.82) is 0 Å². The molecule has 0 aromatic heterocycles. The third kappa shape index (κ3) is 1.22. The monoisotopic (exact) mass is 121 g/mol. The molecule has 0 aliphatic heterocycles. The highest BCUT2D eigenvalue weighted by Gasteiger charge is 1.92. The Labute approximate surface area is 55.0 Å². The number of benzene rings is 1. The normalized spacial score (nSPS) is 9.44. The van der Waals surface area contributed by atoms with Crippen molar-refractivity contribution in [2.24, 2.45) is 0 Å². The molecule has 1 aromatic carbocycles. The summed E-state index contributed by atoms with van der Waals surface area (Å²) in [6, 6.07) is 8.04. The molecule has 1 radical (unpaired) electrons. The van der Waals surface area contributed by atoms with Crippen molar-refractivity contribution < 1.29 is 5.11 Å². The van der Waals surface area contributed by atoms with Crippen molar-refractivity contribution in [3.63, 3.8) is 0 Å². The van der Waals surface area contributed by atoms with Gasteiger partial charge in [-0.05, 0) is 24.1 Å². The fraction of sp³-hybridized carbons (Fsp3) is 0.250. The largest absolute Gasteiger partial charge is 0.508 e. The first-order valence-corrected chi connectivity index (χ1v) is 3.02. The van der Waals surface area contributed by atoms with Crippen molar-refractivity contribution >= 4 is 0 Å². The lowest BCUT2D eigenvalue weighted by Gasteiger charge is -1.96. The molecule has 0 amide bonds. The molecule has 1 aromatic rings. The van der Waals surface area contributed by atoms with Gasteiger partial charge in [-0.25, -0.2) is 0 Å². The maximum absolute atomic E-state index is 9.08. The first-order valence-electron chi connectivity index (χ1n) is 3.02. The van der Waals surface area contributed by atoms with Crippen LogP contribution < -0.4 is 0 Å². The van der Waals surface area contributed by atoms with Gasteiger partial charge in [-0.3, -0.25) is 0 Å². The zero-order valence-corrected chi connectivity index (χ0v) is 5.39. The first-order chi connectivity index (χ1) is 4.34. The molecule has 0 heterocycles. The second kappa shape index (κ2) is 2.53. The highest BCUT2D eigenvalue weighted by molar-refractivity contribution is 5.30. The number of rotatable bonds is 1. The summed E-state index contributed by atoms with van der Waals surface area (Å²) in [5.41, 5.74) is 0.980. The number of hydrogen-bond acceptors (Lipinski definition) is 1. The zero-order valence-electron chi connectivity index (χ0n) is 5.39. The average Bonchev–Trinajstić information content (AvgIpc) is 1.89. The number of aryl methyl sites for hydroxylation is 1. The summed E-state index contributed by atoms with van der Waals surface area (Å²) in [6.45, 7) is 2.01. The fourth-order valence-corrected chi connectivity index (χ4v) is 0.753. The molecular weight excluding hydrogens is 112 g/mol. The van der Waals surface area contributed by atoms with Crippen LogP contribution in [0.2, 0.25) is 0 Å². The van der Waals surface area contributed by atoms with E-state index in [1.165, 1.54) is 0 Å². The minimum Gasteiger partial charge on any atom is -0.508 e. The second-order valence-corrected chi connectivity index (χ2v) is 1.91. The lowest BCUT2D eigenvalue weighted by atomic mass is 10.1. The van der Waals surface area contributed by atoms with Crippen molar-refractivity contribution in [2.75, 3.05) is 0 Å². The van der Waals surface area contributed by atoms with Gasteiger partial charge < -0.3 is 5.11 Å². The van der Waals surface area contributed by atoms with Crippen LogP contribution in [0.1, 0.15) is 12.5 Å². The van der Waals surface area contributed by atoms with Gasteiger partial charge in [-0.1, -0.05) is 19.1 Å². The molecule has 9 heavy (non-hydrogen) atoms. The summed E-state index contributed by atoms with van der Waals surface area (Å²) in [5, 5.41) is 9.08. The molecule has 0 fully saturated rings. The number of aromatic hydroxyl groups is 1. The van der Waals surface area contributed by atoms with Gasteiger partial charge in [0, 0.05) is 0 Å². The molecule has 0 aliphatic rings. The Morgan fingerprint density at radius 1 is 1.67 bits per heavy atom. The van der Waals surface area contributed by atoms with Crippen LogP contribution in [0.5, 0.6) is 5.75 Å². The van der Waals surface area contributed by atoms with E-state index >= 15 is 0 Å². The minimum atomic E-state index is 0.347. The van der Waals surface area contributed by atoms with Crippen LogP contribution in [0.25, 0.3) is 0 Å². The van der Waals surface area contributed by atoms with Gasteiger partial charge in [0.15, 0.2) is 0 Å². The van der Waals surface area contributed by atoms with E-state index in [0.29, 0.717) is 5.75 Å². The minimum absolute atomic E-state index is 0.347. The van der Waals surface area contributed by atoms with E-state index < -0.39 is 0 Å². The van der Waals surface area contributed by atoms with Gasteiger partial charge >= 0.3 is 0 Å². The Balaban J connectivity index is 3.01. The molecule has 47 valence electrons. The summed E-state index contributed by atoms with van der Waals surface area (Å²) >= 11 is 0. The summed E-state index contributed by atoms with van der Waals surface area (Å²) < 4.78 is 0. The van der Waals surface area contributed by atoms with Gasteiger partial charge in [-0.15, -0.1) is 0 Å². The van der Waals surface area contributed by atoms with E-state index in [4.69, 9.17) is 5.11 Å². The molecule has 0 spiro atoms. The van der Waals surface area contributed by atoms with Crippen LogP contribution >= 0.6 is 0 Å². The molecule has 0 bridgehead atoms. The van der Waals surface area contributed by atoms with Crippen molar-refractivity contribution in [3.05, 3.63) is 29.8 Å². The summed E-state index contributed by atoms with van der Waals surface area (Å²) in [6.07, 6.45) is 0.876. The lowest BCUT2D eigenvalue weighted by Crippen LogP contribution is -1.78. The van der Waals surface area contributed by atoms with Crippen LogP contribution in [0.3, 0.4) is 0 Å².